The number of unbranched alkanes of at least 4 members (excludes halogenated alkanes) is 2. The van der Waals surface area contributed by atoms with Gasteiger partial charge in [-0.1, -0.05) is 38.3 Å². The van der Waals surface area contributed by atoms with Crippen molar-refractivity contribution in [3.63, 3.8) is 0 Å². The van der Waals surface area contributed by atoms with E-state index in [1.807, 2.05) is 18.2 Å². The van der Waals surface area contributed by atoms with Crippen LogP contribution in [0.1, 0.15) is 77.0 Å². The summed E-state index contributed by atoms with van der Waals surface area (Å²) in [5, 5.41) is 9.31. The number of rotatable bonds is 7. The summed E-state index contributed by atoms with van der Waals surface area (Å²) in [6.45, 7) is 2.30. The Balaban J connectivity index is 1.57. The van der Waals surface area contributed by atoms with E-state index in [1.165, 1.54) is 70.0 Å². The second-order valence-electron chi connectivity index (χ2n) is 8.84. The van der Waals surface area contributed by atoms with Crippen molar-refractivity contribution < 1.29 is 4.74 Å². The van der Waals surface area contributed by atoms with Gasteiger partial charge < -0.3 is 9.30 Å². The molecule has 0 atom stereocenters. The van der Waals surface area contributed by atoms with Gasteiger partial charge in [-0.05, 0) is 62.5 Å². The molecule has 3 aliphatic carbocycles. The van der Waals surface area contributed by atoms with Crippen LogP contribution in [0.3, 0.4) is 0 Å². The van der Waals surface area contributed by atoms with Gasteiger partial charge in [0.25, 0.3) is 0 Å². The van der Waals surface area contributed by atoms with Gasteiger partial charge in [0.1, 0.15) is 11.6 Å². The zero-order valence-electron chi connectivity index (χ0n) is 17.1. The van der Waals surface area contributed by atoms with Crippen molar-refractivity contribution in [1.29, 1.82) is 0 Å². The lowest BCUT2D eigenvalue weighted by Gasteiger charge is -2.53. The first-order valence-corrected chi connectivity index (χ1v) is 10.7. The second kappa shape index (κ2) is 7.29. The summed E-state index contributed by atoms with van der Waals surface area (Å²) < 4.78 is 7.78. The van der Waals surface area contributed by atoms with Gasteiger partial charge in [-0.15, -0.1) is 10.2 Å². The van der Waals surface area contributed by atoms with Crippen LogP contribution in [0.25, 0.3) is 11.4 Å². The molecule has 3 fully saturated rings. The van der Waals surface area contributed by atoms with Crippen LogP contribution in [-0.2, 0) is 12.5 Å². The van der Waals surface area contributed by atoms with Gasteiger partial charge in [-0.2, -0.15) is 0 Å². The Morgan fingerprint density at radius 1 is 1.00 bits per heavy atom. The highest BCUT2D eigenvalue weighted by atomic mass is 16.5. The minimum atomic E-state index is 0.231. The molecule has 146 valence electrons. The average molecular weight is 368 g/mol. The molecule has 1 aromatic heterocycles. The van der Waals surface area contributed by atoms with Crippen molar-refractivity contribution in [2.24, 2.45) is 12.5 Å². The summed E-state index contributed by atoms with van der Waals surface area (Å²) in [4.78, 5) is 0. The van der Waals surface area contributed by atoms with Gasteiger partial charge >= 0.3 is 0 Å². The second-order valence-corrected chi connectivity index (χ2v) is 8.84. The predicted molar refractivity (Wildman–Crippen MR) is 109 cm³/mol. The Bertz CT molecular complexity index is 770. The summed E-state index contributed by atoms with van der Waals surface area (Å²) in [6.07, 6.45) is 13.5. The molecule has 0 spiro atoms. The van der Waals surface area contributed by atoms with Crippen LogP contribution in [0, 0.1) is 5.41 Å². The van der Waals surface area contributed by atoms with Gasteiger partial charge in [0.15, 0.2) is 5.82 Å². The number of methoxy groups -OCH3 is 1. The smallest absolute Gasteiger partial charge is 0.167 e. The maximum atomic E-state index is 5.55. The normalized spacial score (nSPS) is 27.1. The van der Waals surface area contributed by atoms with Crippen molar-refractivity contribution in [3.8, 4) is 17.1 Å². The quantitative estimate of drug-likeness (QED) is 0.593. The number of ether oxygens (including phenoxy) is 1. The number of benzene rings is 1. The predicted octanol–water partition coefficient (Wildman–Crippen LogP) is 5.66. The van der Waals surface area contributed by atoms with Gasteiger partial charge in [-0.25, -0.2) is 0 Å². The van der Waals surface area contributed by atoms with Crippen molar-refractivity contribution >= 4 is 0 Å². The average Bonchev–Trinajstić information content (AvgIpc) is 3.11. The maximum absolute atomic E-state index is 5.55. The van der Waals surface area contributed by atoms with E-state index >= 15 is 0 Å². The molecule has 0 unspecified atom stereocenters. The first-order chi connectivity index (χ1) is 13.1. The van der Waals surface area contributed by atoms with E-state index in [-0.39, 0.29) is 5.41 Å². The van der Waals surface area contributed by atoms with Crippen molar-refractivity contribution in [1.82, 2.24) is 14.8 Å². The van der Waals surface area contributed by atoms with Crippen molar-refractivity contribution in [2.75, 3.05) is 7.11 Å². The third-order valence-electron chi connectivity index (χ3n) is 7.41. The number of hydrogen-bond donors (Lipinski definition) is 0. The van der Waals surface area contributed by atoms with E-state index < -0.39 is 0 Å². The Morgan fingerprint density at radius 2 is 1.70 bits per heavy atom. The molecule has 0 saturated heterocycles. The fourth-order valence-electron chi connectivity index (χ4n) is 5.58. The molecule has 1 heterocycles. The molecular weight excluding hydrogens is 334 g/mol. The molecule has 3 aliphatic rings. The summed E-state index contributed by atoms with van der Waals surface area (Å²) in [5.74, 6) is 2.96. The van der Waals surface area contributed by atoms with Crippen molar-refractivity contribution in [3.05, 3.63) is 30.1 Å². The molecule has 0 radical (unpaired) electrons. The first-order valence-electron chi connectivity index (χ1n) is 10.7. The molecule has 3 saturated carbocycles. The number of hydrogen-bond acceptors (Lipinski definition) is 3. The summed E-state index contributed by atoms with van der Waals surface area (Å²) in [7, 11) is 3.85. The van der Waals surface area contributed by atoms with Gasteiger partial charge in [0.2, 0.25) is 0 Å². The van der Waals surface area contributed by atoms with Gasteiger partial charge in [0.05, 0.1) is 12.7 Å². The fourth-order valence-corrected chi connectivity index (χ4v) is 5.58. The number of nitrogens with zero attached hydrogens (tertiary/aromatic N) is 3. The molecule has 27 heavy (non-hydrogen) atoms. The Labute approximate surface area is 163 Å². The van der Waals surface area contributed by atoms with Gasteiger partial charge in [0, 0.05) is 12.5 Å². The van der Waals surface area contributed by atoms with Crippen LogP contribution in [0.4, 0.5) is 0 Å². The van der Waals surface area contributed by atoms with E-state index in [0.717, 1.165) is 17.1 Å². The summed E-state index contributed by atoms with van der Waals surface area (Å²) in [5.41, 5.74) is 1.88. The fraction of sp³-hybridized carbons (Fsp3) is 0.652. The Morgan fingerprint density at radius 3 is 2.37 bits per heavy atom. The molecular formula is C23H33N3O. The van der Waals surface area contributed by atoms with Crippen LogP contribution in [0.2, 0.25) is 0 Å². The lowest BCUT2D eigenvalue weighted by Crippen LogP contribution is -2.45. The van der Waals surface area contributed by atoms with E-state index in [2.05, 4.69) is 29.7 Å². The van der Waals surface area contributed by atoms with E-state index in [4.69, 9.17) is 9.84 Å². The standard InChI is InChI=1S/C23H33N3O/c1-4-5-8-11-22-12-15-23(16-13-22,17-14-22)21-25-24-20(26(21)2)18-9-6-7-10-19(18)27-3/h6-7,9-10H,4-5,8,11-17H2,1-3H3. The third kappa shape index (κ3) is 3.17. The largest absolute Gasteiger partial charge is 0.496 e. The van der Waals surface area contributed by atoms with Crippen LogP contribution < -0.4 is 4.74 Å². The summed E-state index contributed by atoms with van der Waals surface area (Å²) in [6, 6.07) is 8.10. The first kappa shape index (κ1) is 18.5. The van der Waals surface area contributed by atoms with E-state index in [9.17, 15) is 0 Å². The maximum Gasteiger partial charge on any atom is 0.167 e. The lowest BCUT2D eigenvalue weighted by molar-refractivity contribution is 0.0250. The molecule has 2 bridgehead atoms. The molecule has 1 aromatic carbocycles. The SMILES string of the molecule is CCCCCC12CCC(c3nnc(-c4ccccc4OC)n3C)(CC1)CC2. The van der Waals surface area contributed by atoms with Crippen LogP contribution >= 0.6 is 0 Å². The van der Waals surface area contributed by atoms with Crippen LogP contribution in [-0.4, -0.2) is 21.9 Å². The molecule has 4 nitrogen and oxygen atoms in total. The molecule has 0 N–H and O–H groups in total. The lowest BCUT2D eigenvalue weighted by atomic mass is 9.52. The molecule has 5 rings (SSSR count). The summed E-state index contributed by atoms with van der Waals surface area (Å²) >= 11 is 0. The topological polar surface area (TPSA) is 39.9 Å². The van der Waals surface area contributed by atoms with E-state index in [1.54, 1.807) is 7.11 Å². The number of para-hydroxylation sites is 1. The minimum absolute atomic E-state index is 0.231. The number of fused-ring (bicyclic) bond motifs is 3. The highest BCUT2D eigenvalue weighted by molar-refractivity contribution is 5.64. The zero-order chi connectivity index (χ0) is 18.9. The Kier molecular flexibility index (Phi) is 5.00. The molecule has 4 heteroatoms. The van der Waals surface area contributed by atoms with E-state index in [0.29, 0.717) is 5.41 Å². The Hall–Kier alpha value is -1.84. The van der Waals surface area contributed by atoms with Crippen LogP contribution in [0.15, 0.2) is 24.3 Å². The van der Waals surface area contributed by atoms with Crippen molar-refractivity contribution in [2.45, 2.75) is 76.5 Å². The molecule has 0 aliphatic heterocycles. The highest BCUT2D eigenvalue weighted by Crippen LogP contribution is 2.59. The highest BCUT2D eigenvalue weighted by Gasteiger charge is 2.51. The number of aromatic nitrogens is 3. The van der Waals surface area contributed by atoms with Gasteiger partial charge in [-0.3, -0.25) is 0 Å². The third-order valence-corrected chi connectivity index (χ3v) is 7.41. The zero-order valence-corrected chi connectivity index (χ0v) is 17.1. The molecule has 2 aromatic rings. The van der Waals surface area contributed by atoms with Crippen LogP contribution in [0.5, 0.6) is 5.75 Å². The minimum Gasteiger partial charge on any atom is -0.496 e. The molecule has 0 amide bonds. The monoisotopic (exact) mass is 367 g/mol.